The summed E-state index contributed by atoms with van der Waals surface area (Å²) in [7, 11) is 0. The Morgan fingerprint density at radius 3 is 2.71 bits per heavy atom. The summed E-state index contributed by atoms with van der Waals surface area (Å²) in [6.45, 7) is 2.26. The molecule has 1 aromatic carbocycles. The van der Waals surface area contributed by atoms with E-state index in [4.69, 9.17) is 4.74 Å². The number of halogens is 2. The lowest BCUT2D eigenvalue weighted by Gasteiger charge is -2.21. The number of nitrogens with one attached hydrogen (secondary N) is 2. The Balaban J connectivity index is 1.41. The highest BCUT2D eigenvalue weighted by atomic mass is 19.1. The summed E-state index contributed by atoms with van der Waals surface area (Å²) in [5.41, 5.74) is 1.10. The highest BCUT2D eigenvalue weighted by molar-refractivity contribution is 6.03. The molecule has 146 valence electrons. The number of carbonyl (C=O) groups excluding carboxylic acids is 1. The molecule has 0 saturated carbocycles. The van der Waals surface area contributed by atoms with E-state index in [-0.39, 0.29) is 11.7 Å². The van der Waals surface area contributed by atoms with Crippen LogP contribution in [0.3, 0.4) is 0 Å². The smallest absolute Gasteiger partial charge is 0.260 e. The number of ether oxygens (including phenoxy) is 1. The van der Waals surface area contributed by atoms with E-state index >= 15 is 0 Å². The van der Waals surface area contributed by atoms with Gasteiger partial charge in [-0.25, -0.2) is 8.78 Å². The van der Waals surface area contributed by atoms with Gasteiger partial charge in [0.05, 0.1) is 17.5 Å². The summed E-state index contributed by atoms with van der Waals surface area (Å²) in [6.07, 6.45) is 5.17. The van der Waals surface area contributed by atoms with Crippen molar-refractivity contribution < 1.29 is 18.3 Å². The lowest BCUT2D eigenvalue weighted by molar-refractivity contribution is 0.0601. The van der Waals surface area contributed by atoms with Gasteiger partial charge >= 0.3 is 0 Å². The van der Waals surface area contributed by atoms with Crippen LogP contribution in [0.4, 0.5) is 14.6 Å². The van der Waals surface area contributed by atoms with Crippen LogP contribution in [0.15, 0.2) is 36.7 Å². The lowest BCUT2D eigenvalue weighted by Crippen LogP contribution is -2.20. The largest absolute Gasteiger partial charge is 0.381 e. The summed E-state index contributed by atoms with van der Waals surface area (Å²) >= 11 is 0. The van der Waals surface area contributed by atoms with Crippen molar-refractivity contribution in [2.75, 3.05) is 18.5 Å². The number of benzene rings is 1. The van der Waals surface area contributed by atoms with Crippen molar-refractivity contribution in [3.63, 3.8) is 0 Å². The number of aromatic amines is 1. The Kier molecular flexibility index (Phi) is 5.16. The molecule has 1 amide bonds. The van der Waals surface area contributed by atoms with Gasteiger partial charge in [0, 0.05) is 43.7 Å². The van der Waals surface area contributed by atoms with Gasteiger partial charge in [-0.1, -0.05) is 0 Å². The maximum absolute atomic E-state index is 13.4. The van der Waals surface area contributed by atoms with Gasteiger partial charge in [0.1, 0.15) is 11.6 Å². The van der Waals surface area contributed by atoms with Crippen molar-refractivity contribution in [1.82, 2.24) is 20.0 Å². The molecule has 4 rings (SSSR count). The summed E-state index contributed by atoms with van der Waals surface area (Å²) in [5, 5.41) is 13.5. The number of carbonyl (C=O) groups is 1. The first kappa shape index (κ1) is 18.3. The normalized spacial score (nSPS) is 14.9. The molecule has 0 atom stereocenters. The van der Waals surface area contributed by atoms with E-state index in [2.05, 4.69) is 20.6 Å². The first-order chi connectivity index (χ1) is 13.6. The lowest BCUT2D eigenvalue weighted by atomic mass is 10.0. The summed E-state index contributed by atoms with van der Waals surface area (Å²) in [5.74, 6) is -0.993. The molecule has 0 bridgehead atoms. The molecule has 1 aliphatic heterocycles. The molecule has 0 aliphatic carbocycles. The van der Waals surface area contributed by atoms with Crippen LogP contribution in [-0.4, -0.2) is 39.1 Å². The molecule has 2 aromatic heterocycles. The van der Waals surface area contributed by atoms with Crippen LogP contribution in [-0.2, 0) is 11.3 Å². The van der Waals surface area contributed by atoms with Crippen molar-refractivity contribution >= 4 is 11.7 Å². The molecule has 3 aromatic rings. The van der Waals surface area contributed by atoms with E-state index in [1.54, 1.807) is 10.9 Å². The Labute approximate surface area is 159 Å². The Morgan fingerprint density at radius 1 is 1.21 bits per heavy atom. The molecule has 0 spiro atoms. The first-order valence-electron chi connectivity index (χ1n) is 9.00. The molecule has 1 fully saturated rings. The van der Waals surface area contributed by atoms with Gasteiger partial charge in [0.25, 0.3) is 5.91 Å². The van der Waals surface area contributed by atoms with Crippen molar-refractivity contribution in [3.05, 3.63) is 53.9 Å². The van der Waals surface area contributed by atoms with E-state index in [1.807, 2.05) is 0 Å². The van der Waals surface area contributed by atoms with Gasteiger partial charge in [-0.05, 0) is 30.9 Å². The zero-order valence-electron chi connectivity index (χ0n) is 15.0. The second-order valence-electron chi connectivity index (χ2n) is 6.79. The van der Waals surface area contributed by atoms with Gasteiger partial charge in [0.15, 0.2) is 5.82 Å². The molecule has 7 nitrogen and oxygen atoms in total. The summed E-state index contributed by atoms with van der Waals surface area (Å²) in [6, 6.07) is 4.67. The van der Waals surface area contributed by atoms with E-state index in [0.717, 1.165) is 38.7 Å². The topological polar surface area (TPSA) is 84.8 Å². The van der Waals surface area contributed by atoms with E-state index in [1.165, 1.54) is 24.4 Å². The number of nitrogens with zero attached hydrogens (tertiary/aromatic N) is 3. The van der Waals surface area contributed by atoms with Crippen LogP contribution in [0, 0.1) is 17.6 Å². The Bertz CT molecular complexity index is 958. The van der Waals surface area contributed by atoms with E-state index in [9.17, 15) is 13.6 Å². The Hall–Kier alpha value is -3.07. The quantitative estimate of drug-likeness (QED) is 0.704. The van der Waals surface area contributed by atoms with Gasteiger partial charge < -0.3 is 10.1 Å². The number of H-pyrrole nitrogens is 1. The fourth-order valence-corrected chi connectivity index (χ4v) is 3.21. The maximum atomic E-state index is 13.4. The zero-order chi connectivity index (χ0) is 19.5. The third-order valence-corrected chi connectivity index (χ3v) is 4.67. The average molecular weight is 387 g/mol. The molecule has 0 radical (unpaired) electrons. The van der Waals surface area contributed by atoms with Crippen LogP contribution in [0.25, 0.3) is 11.3 Å². The van der Waals surface area contributed by atoms with Crippen molar-refractivity contribution in [3.8, 4) is 11.3 Å². The fraction of sp³-hybridized carbons (Fsp3) is 0.316. The number of anilines is 1. The summed E-state index contributed by atoms with van der Waals surface area (Å²) in [4.78, 5) is 12.4. The van der Waals surface area contributed by atoms with Crippen molar-refractivity contribution in [1.29, 1.82) is 0 Å². The number of amides is 1. The average Bonchev–Trinajstić information content (AvgIpc) is 3.31. The van der Waals surface area contributed by atoms with Crippen LogP contribution in [0.5, 0.6) is 0 Å². The van der Waals surface area contributed by atoms with Gasteiger partial charge in [-0.3, -0.25) is 14.6 Å². The molecular weight excluding hydrogens is 368 g/mol. The van der Waals surface area contributed by atoms with Crippen LogP contribution in [0.1, 0.15) is 23.2 Å². The SMILES string of the molecule is O=C(Nc1cc(-c2cc(F)cc(F)c2)[nH]n1)c1cnn(CC2CCOCC2)c1. The van der Waals surface area contributed by atoms with E-state index < -0.39 is 11.6 Å². The molecule has 0 unspecified atom stereocenters. The van der Waals surface area contributed by atoms with Crippen LogP contribution in [0.2, 0.25) is 0 Å². The molecule has 28 heavy (non-hydrogen) atoms. The van der Waals surface area contributed by atoms with Gasteiger partial charge in [-0.15, -0.1) is 0 Å². The number of rotatable bonds is 5. The van der Waals surface area contributed by atoms with Crippen molar-refractivity contribution in [2.24, 2.45) is 5.92 Å². The number of hydrogen-bond donors (Lipinski definition) is 2. The fourth-order valence-electron chi connectivity index (χ4n) is 3.21. The molecule has 3 heterocycles. The standard InChI is InChI=1S/C19H19F2N5O2/c20-15-5-13(6-16(21)7-15)17-8-18(25-24-17)23-19(27)14-9-22-26(11-14)10-12-1-3-28-4-2-12/h5-9,11-12H,1-4,10H2,(H2,23,24,25,27). The number of hydrogen-bond acceptors (Lipinski definition) is 4. The summed E-state index contributed by atoms with van der Waals surface area (Å²) < 4.78 is 33.8. The van der Waals surface area contributed by atoms with Crippen LogP contribution < -0.4 is 5.32 Å². The predicted octanol–water partition coefficient (Wildman–Crippen LogP) is 3.23. The minimum atomic E-state index is -0.688. The maximum Gasteiger partial charge on any atom is 0.260 e. The molecule has 9 heteroatoms. The zero-order valence-corrected chi connectivity index (χ0v) is 15.0. The molecule has 1 saturated heterocycles. The predicted molar refractivity (Wildman–Crippen MR) is 97.7 cm³/mol. The number of aromatic nitrogens is 4. The highest BCUT2D eigenvalue weighted by Crippen LogP contribution is 2.22. The van der Waals surface area contributed by atoms with Crippen LogP contribution >= 0.6 is 0 Å². The minimum absolute atomic E-state index is 0.252. The minimum Gasteiger partial charge on any atom is -0.381 e. The highest BCUT2D eigenvalue weighted by Gasteiger charge is 2.17. The Morgan fingerprint density at radius 2 is 1.96 bits per heavy atom. The second-order valence-corrected chi connectivity index (χ2v) is 6.79. The molecular formula is C19H19F2N5O2. The second kappa shape index (κ2) is 7.89. The van der Waals surface area contributed by atoms with E-state index in [0.29, 0.717) is 22.7 Å². The molecule has 1 aliphatic rings. The molecule has 2 N–H and O–H groups in total. The van der Waals surface area contributed by atoms with Crippen molar-refractivity contribution in [2.45, 2.75) is 19.4 Å². The third kappa shape index (κ3) is 4.25. The first-order valence-corrected chi connectivity index (χ1v) is 9.00. The third-order valence-electron chi connectivity index (χ3n) is 4.67. The monoisotopic (exact) mass is 387 g/mol. The van der Waals surface area contributed by atoms with Gasteiger partial charge in [-0.2, -0.15) is 10.2 Å². The van der Waals surface area contributed by atoms with Gasteiger partial charge in [0.2, 0.25) is 0 Å².